The number of aromatic nitrogens is 6. The molecule has 1 N–H and O–H groups in total. The highest BCUT2D eigenvalue weighted by atomic mass is 35.5. The molecule has 0 saturated carbocycles. The fraction of sp³-hybridized carbons (Fsp3) is 0.375. The van der Waals surface area contributed by atoms with E-state index in [9.17, 15) is 0 Å². The SMILES string of the molecule is COc1ccc(Cl)cc1-n1nnnc1N1CCC(c2c[nH]cn2)CC1. The fourth-order valence-corrected chi connectivity index (χ4v) is 3.40. The van der Waals surface area contributed by atoms with Gasteiger partial charge in [-0.1, -0.05) is 16.7 Å². The van der Waals surface area contributed by atoms with Crippen molar-refractivity contribution in [3.63, 3.8) is 0 Å². The van der Waals surface area contributed by atoms with Crippen LogP contribution >= 0.6 is 11.6 Å². The summed E-state index contributed by atoms with van der Waals surface area (Å²) in [6, 6.07) is 5.40. The number of anilines is 1. The van der Waals surface area contributed by atoms with Gasteiger partial charge in [-0.2, -0.15) is 4.68 Å². The number of H-pyrrole nitrogens is 1. The predicted octanol–water partition coefficient (Wildman–Crippen LogP) is 2.43. The molecule has 0 bridgehead atoms. The molecule has 25 heavy (non-hydrogen) atoms. The zero-order chi connectivity index (χ0) is 17.2. The molecule has 1 saturated heterocycles. The second kappa shape index (κ2) is 6.72. The minimum absolute atomic E-state index is 0.465. The summed E-state index contributed by atoms with van der Waals surface area (Å²) in [4.78, 5) is 9.59. The van der Waals surface area contributed by atoms with E-state index >= 15 is 0 Å². The number of imidazole rings is 1. The average Bonchev–Trinajstić information content (AvgIpc) is 3.33. The summed E-state index contributed by atoms with van der Waals surface area (Å²) < 4.78 is 7.11. The van der Waals surface area contributed by atoms with Crippen LogP contribution in [0.25, 0.3) is 5.69 Å². The van der Waals surface area contributed by atoms with Gasteiger partial charge in [0.15, 0.2) is 0 Å². The molecule has 9 heteroatoms. The fourth-order valence-electron chi connectivity index (χ4n) is 3.23. The van der Waals surface area contributed by atoms with Crippen molar-refractivity contribution < 1.29 is 4.74 Å². The Hall–Kier alpha value is -2.61. The Morgan fingerprint density at radius 3 is 2.84 bits per heavy atom. The Labute approximate surface area is 149 Å². The summed E-state index contributed by atoms with van der Waals surface area (Å²) >= 11 is 6.14. The van der Waals surface area contributed by atoms with Crippen molar-refractivity contribution >= 4 is 17.5 Å². The minimum Gasteiger partial charge on any atom is -0.494 e. The molecule has 8 nitrogen and oxygen atoms in total. The molecule has 0 radical (unpaired) electrons. The zero-order valence-corrected chi connectivity index (χ0v) is 14.5. The zero-order valence-electron chi connectivity index (χ0n) is 13.8. The largest absolute Gasteiger partial charge is 0.494 e. The molecule has 1 aliphatic heterocycles. The maximum atomic E-state index is 6.14. The number of piperidine rings is 1. The van der Waals surface area contributed by atoms with Crippen molar-refractivity contribution in [1.29, 1.82) is 0 Å². The summed E-state index contributed by atoms with van der Waals surface area (Å²) in [5, 5.41) is 12.8. The van der Waals surface area contributed by atoms with Crippen LogP contribution in [0.1, 0.15) is 24.5 Å². The van der Waals surface area contributed by atoms with Gasteiger partial charge in [0.1, 0.15) is 11.4 Å². The number of hydrogen-bond donors (Lipinski definition) is 1. The molecule has 0 atom stereocenters. The van der Waals surface area contributed by atoms with E-state index in [0.717, 1.165) is 37.3 Å². The van der Waals surface area contributed by atoms with E-state index in [-0.39, 0.29) is 0 Å². The smallest absolute Gasteiger partial charge is 0.250 e. The van der Waals surface area contributed by atoms with Gasteiger partial charge in [0.05, 0.1) is 19.1 Å². The van der Waals surface area contributed by atoms with Crippen LogP contribution in [0.5, 0.6) is 5.75 Å². The van der Waals surface area contributed by atoms with Crippen LogP contribution in [0.4, 0.5) is 5.95 Å². The Morgan fingerprint density at radius 1 is 1.28 bits per heavy atom. The molecule has 1 aliphatic rings. The maximum Gasteiger partial charge on any atom is 0.250 e. The molecule has 0 unspecified atom stereocenters. The first-order valence-electron chi connectivity index (χ1n) is 8.12. The summed E-state index contributed by atoms with van der Waals surface area (Å²) in [5.74, 6) is 1.83. The standard InChI is InChI=1S/C16H18ClN7O/c1-25-15-3-2-12(17)8-14(15)24-16(20-21-22-24)23-6-4-11(5-7-23)13-9-18-10-19-13/h2-3,8-11H,4-7H2,1H3,(H,18,19). The molecule has 3 aromatic rings. The average molecular weight is 360 g/mol. The highest BCUT2D eigenvalue weighted by molar-refractivity contribution is 6.30. The van der Waals surface area contributed by atoms with Crippen molar-refractivity contribution in [2.75, 3.05) is 25.1 Å². The molecule has 0 amide bonds. The van der Waals surface area contributed by atoms with Crippen LogP contribution in [-0.4, -0.2) is 50.4 Å². The van der Waals surface area contributed by atoms with Gasteiger partial charge in [0, 0.05) is 30.2 Å². The van der Waals surface area contributed by atoms with E-state index in [1.54, 1.807) is 30.3 Å². The highest BCUT2D eigenvalue weighted by Crippen LogP contribution is 2.31. The topological polar surface area (TPSA) is 84.8 Å². The second-order valence-corrected chi connectivity index (χ2v) is 6.40. The number of nitrogens with zero attached hydrogens (tertiary/aromatic N) is 6. The third-order valence-corrected chi connectivity index (χ3v) is 4.77. The monoisotopic (exact) mass is 359 g/mol. The Balaban J connectivity index is 1.58. The number of methoxy groups -OCH3 is 1. The molecule has 3 heterocycles. The van der Waals surface area contributed by atoms with Gasteiger partial charge in [-0.3, -0.25) is 0 Å². The Kier molecular flexibility index (Phi) is 4.27. The lowest BCUT2D eigenvalue weighted by Gasteiger charge is -2.31. The van der Waals surface area contributed by atoms with Crippen LogP contribution in [0, 0.1) is 0 Å². The molecule has 130 valence electrons. The Morgan fingerprint density at radius 2 is 2.12 bits per heavy atom. The normalized spacial score (nSPS) is 15.5. The molecule has 0 spiro atoms. The molecule has 4 rings (SSSR count). The van der Waals surface area contributed by atoms with Crippen molar-refractivity contribution in [1.82, 2.24) is 30.2 Å². The summed E-state index contributed by atoms with van der Waals surface area (Å²) in [5.41, 5.74) is 1.85. The summed E-state index contributed by atoms with van der Waals surface area (Å²) in [7, 11) is 1.62. The Bertz CT molecular complexity index is 840. The van der Waals surface area contributed by atoms with Crippen molar-refractivity contribution in [2.24, 2.45) is 0 Å². The first-order valence-corrected chi connectivity index (χ1v) is 8.50. The van der Waals surface area contributed by atoms with Crippen LogP contribution < -0.4 is 9.64 Å². The maximum absolute atomic E-state index is 6.14. The lowest BCUT2D eigenvalue weighted by Crippen LogP contribution is -2.35. The summed E-state index contributed by atoms with van der Waals surface area (Å²) in [6.45, 7) is 1.72. The summed E-state index contributed by atoms with van der Waals surface area (Å²) in [6.07, 6.45) is 5.71. The molecule has 1 aromatic carbocycles. The van der Waals surface area contributed by atoms with Crippen LogP contribution in [0.2, 0.25) is 5.02 Å². The number of nitrogens with one attached hydrogen (secondary N) is 1. The predicted molar refractivity (Wildman–Crippen MR) is 93.5 cm³/mol. The number of hydrogen-bond acceptors (Lipinski definition) is 6. The second-order valence-electron chi connectivity index (χ2n) is 5.96. The lowest BCUT2D eigenvalue weighted by molar-refractivity contribution is 0.411. The molecule has 2 aromatic heterocycles. The van der Waals surface area contributed by atoms with Crippen molar-refractivity contribution in [3.8, 4) is 11.4 Å². The number of halogens is 1. The van der Waals surface area contributed by atoms with Crippen molar-refractivity contribution in [2.45, 2.75) is 18.8 Å². The third kappa shape index (κ3) is 3.05. The van der Waals surface area contributed by atoms with Gasteiger partial charge < -0.3 is 14.6 Å². The molecular weight excluding hydrogens is 342 g/mol. The molecule has 1 fully saturated rings. The van der Waals surface area contributed by atoms with E-state index in [2.05, 4.69) is 30.4 Å². The first kappa shape index (κ1) is 15.9. The number of benzene rings is 1. The first-order chi connectivity index (χ1) is 12.3. The van der Waals surface area contributed by atoms with Gasteiger partial charge >= 0.3 is 0 Å². The van der Waals surface area contributed by atoms with Crippen LogP contribution in [0.15, 0.2) is 30.7 Å². The minimum atomic E-state index is 0.465. The third-order valence-electron chi connectivity index (χ3n) is 4.54. The highest BCUT2D eigenvalue weighted by Gasteiger charge is 2.26. The van der Waals surface area contributed by atoms with Gasteiger partial charge in [-0.05, 0) is 41.5 Å². The lowest BCUT2D eigenvalue weighted by atomic mass is 9.94. The van der Waals surface area contributed by atoms with E-state index in [0.29, 0.717) is 22.6 Å². The van der Waals surface area contributed by atoms with E-state index in [1.807, 2.05) is 12.3 Å². The van der Waals surface area contributed by atoms with Gasteiger partial charge in [0.2, 0.25) is 5.95 Å². The quantitative estimate of drug-likeness (QED) is 0.770. The van der Waals surface area contributed by atoms with E-state index < -0.39 is 0 Å². The number of tetrazole rings is 1. The number of aromatic amines is 1. The van der Waals surface area contributed by atoms with Crippen molar-refractivity contribution in [3.05, 3.63) is 41.4 Å². The van der Waals surface area contributed by atoms with Crippen LogP contribution in [-0.2, 0) is 0 Å². The number of ether oxygens (including phenoxy) is 1. The van der Waals surface area contributed by atoms with Gasteiger partial charge in [-0.15, -0.1) is 0 Å². The molecular formula is C16H18ClN7O. The van der Waals surface area contributed by atoms with Crippen LogP contribution in [0.3, 0.4) is 0 Å². The van der Waals surface area contributed by atoms with E-state index in [1.165, 1.54) is 0 Å². The molecule has 0 aliphatic carbocycles. The van der Waals surface area contributed by atoms with Gasteiger partial charge in [-0.25, -0.2) is 4.98 Å². The van der Waals surface area contributed by atoms with E-state index in [4.69, 9.17) is 16.3 Å². The van der Waals surface area contributed by atoms with Gasteiger partial charge in [0.25, 0.3) is 0 Å². The number of rotatable bonds is 4.